The van der Waals surface area contributed by atoms with E-state index in [2.05, 4.69) is 31.9 Å². The number of alkyl halides is 2. The summed E-state index contributed by atoms with van der Waals surface area (Å²) >= 11 is 8.51. The van der Waals surface area contributed by atoms with Gasteiger partial charge in [-0.25, -0.2) is 0 Å². The summed E-state index contributed by atoms with van der Waals surface area (Å²) in [6.07, 6.45) is 5.75. The molecule has 64 valence electrons. The van der Waals surface area contributed by atoms with Crippen molar-refractivity contribution >= 4 is 46.8 Å². The SMILES string of the molecule is Br[C@@H]1CC[C@H]2[Se][C@@H]1CC[C@H]2Br. The predicted molar refractivity (Wildman–Crippen MR) is 57.2 cm³/mol. The van der Waals surface area contributed by atoms with E-state index in [-0.39, 0.29) is 0 Å². The zero-order chi connectivity index (χ0) is 7.84. The van der Waals surface area contributed by atoms with Gasteiger partial charge in [-0.2, -0.15) is 0 Å². The van der Waals surface area contributed by atoms with Crippen molar-refractivity contribution in [3.8, 4) is 0 Å². The minimum absolute atomic E-state index is 0.860. The fourth-order valence-electron chi connectivity index (χ4n) is 1.91. The number of rotatable bonds is 0. The summed E-state index contributed by atoms with van der Waals surface area (Å²) < 4.78 is 0. The van der Waals surface area contributed by atoms with Gasteiger partial charge in [-0.1, -0.05) is 0 Å². The third-order valence-corrected chi connectivity index (χ3v) is 10.2. The van der Waals surface area contributed by atoms with Gasteiger partial charge in [0.15, 0.2) is 0 Å². The van der Waals surface area contributed by atoms with Gasteiger partial charge in [0.25, 0.3) is 0 Å². The Morgan fingerprint density at radius 2 is 1.27 bits per heavy atom. The Labute approximate surface area is 91.3 Å². The minimum atomic E-state index is 0.860. The van der Waals surface area contributed by atoms with Crippen LogP contribution in [0.5, 0.6) is 0 Å². The molecule has 2 aliphatic rings. The van der Waals surface area contributed by atoms with Crippen LogP contribution in [-0.4, -0.2) is 24.6 Å². The summed E-state index contributed by atoms with van der Waals surface area (Å²) in [6.45, 7) is 0. The second-order valence-corrected chi connectivity index (χ2v) is 8.86. The monoisotopic (exact) mass is 346 g/mol. The van der Waals surface area contributed by atoms with Gasteiger partial charge in [0.1, 0.15) is 0 Å². The van der Waals surface area contributed by atoms with Crippen LogP contribution in [0.2, 0.25) is 9.63 Å². The van der Waals surface area contributed by atoms with Crippen molar-refractivity contribution in [2.24, 2.45) is 0 Å². The molecule has 2 fully saturated rings. The van der Waals surface area contributed by atoms with E-state index in [1.165, 1.54) is 25.7 Å². The summed E-state index contributed by atoms with van der Waals surface area (Å²) in [4.78, 5) is 3.82. The van der Waals surface area contributed by atoms with Gasteiger partial charge in [-0.3, -0.25) is 0 Å². The van der Waals surface area contributed by atoms with E-state index < -0.39 is 0 Å². The van der Waals surface area contributed by atoms with E-state index in [1.54, 1.807) is 0 Å². The van der Waals surface area contributed by atoms with Crippen molar-refractivity contribution in [2.75, 3.05) is 0 Å². The first-order valence-corrected chi connectivity index (χ1v) is 8.02. The van der Waals surface area contributed by atoms with Gasteiger partial charge in [0, 0.05) is 0 Å². The van der Waals surface area contributed by atoms with Crippen molar-refractivity contribution in [3.63, 3.8) is 0 Å². The molecule has 0 amide bonds. The molecule has 0 aliphatic carbocycles. The average Bonchev–Trinajstić information content (AvgIpc) is 2.02. The van der Waals surface area contributed by atoms with Crippen LogP contribution in [0.15, 0.2) is 0 Å². The Morgan fingerprint density at radius 1 is 0.818 bits per heavy atom. The van der Waals surface area contributed by atoms with E-state index >= 15 is 0 Å². The third-order valence-electron chi connectivity index (χ3n) is 2.61. The quantitative estimate of drug-likeness (QED) is 0.466. The molecule has 0 radical (unpaired) electrons. The van der Waals surface area contributed by atoms with E-state index in [0.29, 0.717) is 0 Å². The fourth-order valence-corrected chi connectivity index (χ4v) is 7.63. The molecule has 11 heavy (non-hydrogen) atoms. The Balaban J connectivity index is 2.02. The summed E-state index contributed by atoms with van der Waals surface area (Å²) in [5.41, 5.74) is 0. The Hall–Kier alpha value is 1.48. The van der Waals surface area contributed by atoms with Crippen LogP contribution in [-0.2, 0) is 0 Å². The van der Waals surface area contributed by atoms with Gasteiger partial charge in [0.05, 0.1) is 0 Å². The van der Waals surface area contributed by atoms with Crippen LogP contribution in [0.4, 0.5) is 0 Å². The molecule has 2 aliphatic heterocycles. The topological polar surface area (TPSA) is 0 Å². The zero-order valence-electron chi connectivity index (χ0n) is 6.30. The molecule has 0 aromatic rings. The third kappa shape index (κ3) is 1.87. The van der Waals surface area contributed by atoms with Crippen LogP contribution in [0.3, 0.4) is 0 Å². The van der Waals surface area contributed by atoms with Crippen molar-refractivity contribution < 1.29 is 0 Å². The maximum atomic E-state index is 3.80. The van der Waals surface area contributed by atoms with Crippen LogP contribution in [0.25, 0.3) is 0 Å². The molecule has 0 aromatic heterocycles. The molecule has 0 spiro atoms. The second kappa shape index (κ2) is 3.69. The van der Waals surface area contributed by atoms with Crippen LogP contribution < -0.4 is 0 Å². The van der Waals surface area contributed by atoms with Crippen LogP contribution in [0.1, 0.15) is 25.7 Å². The van der Waals surface area contributed by atoms with E-state index in [4.69, 9.17) is 0 Å². The van der Waals surface area contributed by atoms with E-state index in [0.717, 1.165) is 34.2 Å². The van der Waals surface area contributed by atoms with Gasteiger partial charge in [-0.05, 0) is 0 Å². The van der Waals surface area contributed by atoms with Gasteiger partial charge in [0.2, 0.25) is 0 Å². The van der Waals surface area contributed by atoms with Gasteiger partial charge < -0.3 is 0 Å². The predicted octanol–water partition coefficient (Wildman–Crippen LogP) is 3.38. The molecule has 3 heteroatoms. The Kier molecular flexibility index (Phi) is 3.04. The van der Waals surface area contributed by atoms with Gasteiger partial charge >= 0.3 is 91.8 Å². The molecule has 4 atom stereocenters. The second-order valence-electron chi connectivity index (χ2n) is 3.40. The first-order chi connectivity index (χ1) is 5.27. The van der Waals surface area contributed by atoms with Crippen molar-refractivity contribution in [2.45, 2.75) is 45.0 Å². The number of halogens is 2. The molecular formula is C8H12Br2Se. The van der Waals surface area contributed by atoms with Crippen molar-refractivity contribution in [1.82, 2.24) is 0 Å². The molecule has 0 saturated carbocycles. The first kappa shape index (κ1) is 9.05. The normalized spacial score (nSPS) is 50.7. The molecule has 2 bridgehead atoms. The summed E-state index contributed by atoms with van der Waals surface area (Å²) in [5.74, 6) is 0. The van der Waals surface area contributed by atoms with E-state index in [1.807, 2.05) is 0 Å². The summed E-state index contributed by atoms with van der Waals surface area (Å²) in [5, 5.41) is 0. The van der Waals surface area contributed by atoms with Gasteiger partial charge in [-0.15, -0.1) is 0 Å². The van der Waals surface area contributed by atoms with Crippen molar-refractivity contribution in [1.29, 1.82) is 0 Å². The number of hydrogen-bond acceptors (Lipinski definition) is 0. The Morgan fingerprint density at radius 3 is 1.73 bits per heavy atom. The van der Waals surface area contributed by atoms with Crippen LogP contribution in [0, 0.1) is 0 Å². The molecule has 0 unspecified atom stereocenters. The molecule has 2 rings (SSSR count). The number of fused-ring (bicyclic) bond motifs is 2. The number of hydrogen-bond donors (Lipinski definition) is 0. The zero-order valence-corrected chi connectivity index (χ0v) is 11.2. The van der Waals surface area contributed by atoms with E-state index in [9.17, 15) is 0 Å². The maximum absolute atomic E-state index is 3.80. The Bertz CT molecular complexity index is 135. The summed E-state index contributed by atoms with van der Waals surface area (Å²) in [7, 11) is 0. The molecule has 2 saturated heterocycles. The molecule has 2 heterocycles. The van der Waals surface area contributed by atoms with Crippen molar-refractivity contribution in [3.05, 3.63) is 0 Å². The fraction of sp³-hybridized carbons (Fsp3) is 1.00. The molecular weight excluding hydrogens is 335 g/mol. The molecule has 0 N–H and O–H groups in total. The standard InChI is InChI=1S/C8H12Br2Se/c9-5-1-3-7-6(10)2-4-8(5)11-7/h5-8H,1-4H2/t5-,6-,7-,8-/m1/s1. The molecule has 0 nitrogen and oxygen atoms in total. The summed E-state index contributed by atoms with van der Waals surface area (Å²) in [6, 6.07) is 0. The van der Waals surface area contributed by atoms with Crippen LogP contribution >= 0.6 is 31.9 Å². The average molecular weight is 347 g/mol. The first-order valence-electron chi connectivity index (χ1n) is 4.21. The molecule has 0 aromatic carbocycles.